The molecule has 2 aromatic rings. The summed E-state index contributed by atoms with van der Waals surface area (Å²) in [6, 6.07) is 8.08. The highest BCUT2D eigenvalue weighted by Gasteiger charge is 2.24. The standard InChI is InChI=1S/C17H17Cl3N2O3S/c1-10-4-5-12(6-11(10)2)21-17(23)9-22(26(3,24)25)16-8-14(19)13(18)7-15(16)20/h4-8H,9H2,1-3H3,(H,21,23). The molecule has 0 aliphatic carbocycles. The van der Waals surface area contributed by atoms with E-state index in [4.69, 9.17) is 34.8 Å². The van der Waals surface area contributed by atoms with E-state index < -0.39 is 22.5 Å². The number of nitrogens with one attached hydrogen (secondary N) is 1. The summed E-state index contributed by atoms with van der Waals surface area (Å²) in [6.45, 7) is 3.42. The summed E-state index contributed by atoms with van der Waals surface area (Å²) in [6.07, 6.45) is 0.981. The molecule has 2 aromatic carbocycles. The van der Waals surface area contributed by atoms with E-state index in [1.54, 1.807) is 6.07 Å². The van der Waals surface area contributed by atoms with Gasteiger partial charge in [-0.05, 0) is 49.2 Å². The summed E-state index contributed by atoms with van der Waals surface area (Å²) >= 11 is 18.0. The zero-order chi connectivity index (χ0) is 19.6. The molecule has 26 heavy (non-hydrogen) atoms. The number of sulfonamides is 1. The second-order valence-corrected chi connectivity index (χ2v) is 8.96. The molecule has 9 heteroatoms. The van der Waals surface area contributed by atoms with Crippen LogP contribution >= 0.6 is 34.8 Å². The number of carbonyl (C=O) groups excluding carboxylic acids is 1. The van der Waals surface area contributed by atoms with Crippen molar-refractivity contribution in [2.45, 2.75) is 13.8 Å². The highest BCUT2D eigenvalue weighted by Crippen LogP contribution is 2.35. The minimum absolute atomic E-state index is 0.0730. The molecule has 2 rings (SSSR count). The van der Waals surface area contributed by atoms with Crippen LogP contribution in [0, 0.1) is 13.8 Å². The number of rotatable bonds is 5. The lowest BCUT2D eigenvalue weighted by Crippen LogP contribution is -2.37. The van der Waals surface area contributed by atoms with Gasteiger partial charge in [0.25, 0.3) is 0 Å². The Morgan fingerprint density at radius 3 is 2.19 bits per heavy atom. The largest absolute Gasteiger partial charge is 0.325 e. The van der Waals surface area contributed by atoms with Crippen LogP contribution in [0.15, 0.2) is 30.3 Å². The Balaban J connectivity index is 2.30. The van der Waals surface area contributed by atoms with E-state index in [1.807, 2.05) is 26.0 Å². The van der Waals surface area contributed by atoms with E-state index in [-0.39, 0.29) is 20.8 Å². The number of carbonyl (C=O) groups is 1. The first-order valence-corrected chi connectivity index (χ1v) is 10.5. The third-order valence-corrected chi connectivity index (χ3v) is 5.89. The maximum atomic E-state index is 12.4. The Hall–Kier alpha value is -1.47. The van der Waals surface area contributed by atoms with Crippen LogP contribution in [-0.4, -0.2) is 27.1 Å². The molecule has 0 saturated heterocycles. The third-order valence-electron chi connectivity index (χ3n) is 3.74. The van der Waals surface area contributed by atoms with Crippen molar-refractivity contribution in [2.24, 2.45) is 0 Å². The van der Waals surface area contributed by atoms with Crippen molar-refractivity contribution in [1.29, 1.82) is 0 Å². The Bertz CT molecular complexity index is 962. The SMILES string of the molecule is Cc1ccc(NC(=O)CN(c2cc(Cl)c(Cl)cc2Cl)S(C)(=O)=O)cc1C. The summed E-state index contributed by atoms with van der Waals surface area (Å²) in [7, 11) is -3.79. The summed E-state index contributed by atoms with van der Waals surface area (Å²) in [5, 5.41) is 3.08. The van der Waals surface area contributed by atoms with Gasteiger partial charge in [0, 0.05) is 5.69 Å². The molecule has 0 fully saturated rings. The van der Waals surface area contributed by atoms with Gasteiger partial charge >= 0.3 is 0 Å². The van der Waals surface area contributed by atoms with E-state index >= 15 is 0 Å². The van der Waals surface area contributed by atoms with Crippen molar-refractivity contribution in [3.63, 3.8) is 0 Å². The van der Waals surface area contributed by atoms with E-state index in [1.165, 1.54) is 12.1 Å². The molecule has 0 bridgehead atoms. The lowest BCUT2D eigenvalue weighted by molar-refractivity contribution is -0.114. The molecule has 0 heterocycles. The van der Waals surface area contributed by atoms with Crippen molar-refractivity contribution >= 4 is 62.1 Å². The van der Waals surface area contributed by atoms with Gasteiger partial charge in [0.2, 0.25) is 15.9 Å². The number of hydrogen-bond acceptors (Lipinski definition) is 3. The summed E-state index contributed by atoms with van der Waals surface area (Å²) in [4.78, 5) is 12.4. The molecule has 1 N–H and O–H groups in total. The van der Waals surface area contributed by atoms with Gasteiger partial charge in [-0.25, -0.2) is 8.42 Å². The normalized spacial score (nSPS) is 11.3. The first-order valence-electron chi connectivity index (χ1n) is 7.48. The van der Waals surface area contributed by atoms with Gasteiger partial charge in [-0.2, -0.15) is 0 Å². The molecule has 0 radical (unpaired) electrons. The second-order valence-electron chi connectivity index (χ2n) is 5.83. The van der Waals surface area contributed by atoms with E-state index in [0.717, 1.165) is 21.7 Å². The van der Waals surface area contributed by atoms with E-state index in [0.29, 0.717) is 5.69 Å². The molecule has 1 amide bonds. The monoisotopic (exact) mass is 434 g/mol. The first kappa shape index (κ1) is 20.8. The first-order chi connectivity index (χ1) is 12.0. The maximum absolute atomic E-state index is 12.4. The zero-order valence-electron chi connectivity index (χ0n) is 14.3. The van der Waals surface area contributed by atoms with Crippen molar-refractivity contribution in [3.05, 3.63) is 56.5 Å². The summed E-state index contributed by atoms with van der Waals surface area (Å²) in [5.74, 6) is -0.513. The van der Waals surface area contributed by atoms with Crippen molar-refractivity contribution in [1.82, 2.24) is 0 Å². The predicted molar refractivity (Wildman–Crippen MR) is 108 cm³/mol. The average molecular weight is 436 g/mol. The Labute approximate surface area is 167 Å². The second kappa shape index (κ2) is 8.05. The molecular formula is C17H17Cl3N2O3S. The molecule has 140 valence electrons. The fourth-order valence-corrected chi connectivity index (χ4v) is 3.79. The molecule has 0 saturated carbocycles. The van der Waals surface area contributed by atoms with E-state index in [2.05, 4.69) is 5.32 Å². The molecule has 0 spiro atoms. The minimum Gasteiger partial charge on any atom is -0.325 e. The lowest BCUT2D eigenvalue weighted by Gasteiger charge is -2.23. The van der Waals surface area contributed by atoms with Crippen LogP contribution in [0.25, 0.3) is 0 Å². The third kappa shape index (κ3) is 5.04. The Morgan fingerprint density at radius 2 is 1.62 bits per heavy atom. The maximum Gasteiger partial charge on any atom is 0.245 e. The van der Waals surface area contributed by atoms with Crippen molar-refractivity contribution in [2.75, 3.05) is 22.4 Å². The van der Waals surface area contributed by atoms with Gasteiger partial charge in [-0.15, -0.1) is 0 Å². The summed E-state index contributed by atoms with van der Waals surface area (Å²) in [5.41, 5.74) is 2.75. The van der Waals surface area contributed by atoms with Crippen LogP contribution in [0.5, 0.6) is 0 Å². The van der Waals surface area contributed by atoms with Crippen LogP contribution < -0.4 is 9.62 Å². The van der Waals surface area contributed by atoms with Crippen LogP contribution in [0.2, 0.25) is 15.1 Å². The molecule has 0 unspecified atom stereocenters. The van der Waals surface area contributed by atoms with Gasteiger partial charge in [0.15, 0.2) is 0 Å². The van der Waals surface area contributed by atoms with Gasteiger partial charge in [0.05, 0.1) is 27.0 Å². The van der Waals surface area contributed by atoms with Gasteiger partial charge in [-0.1, -0.05) is 40.9 Å². The number of benzene rings is 2. The molecular weight excluding hydrogens is 419 g/mol. The average Bonchev–Trinajstić information content (AvgIpc) is 2.51. The Morgan fingerprint density at radius 1 is 1.00 bits per heavy atom. The van der Waals surface area contributed by atoms with Gasteiger partial charge in [0.1, 0.15) is 6.54 Å². The minimum atomic E-state index is -3.79. The Kier molecular flexibility index (Phi) is 6.45. The molecule has 0 aliphatic rings. The predicted octanol–water partition coefficient (Wildman–Crippen LogP) is 4.67. The number of nitrogens with zero attached hydrogens (tertiary/aromatic N) is 1. The van der Waals surface area contributed by atoms with Crippen molar-refractivity contribution in [3.8, 4) is 0 Å². The summed E-state index contributed by atoms with van der Waals surface area (Å²) < 4.78 is 25.2. The van der Waals surface area contributed by atoms with Crippen LogP contribution in [0.3, 0.4) is 0 Å². The molecule has 0 atom stereocenters. The number of anilines is 2. The number of halogens is 3. The number of hydrogen-bond donors (Lipinski definition) is 1. The quantitative estimate of drug-likeness (QED) is 0.694. The number of amides is 1. The highest BCUT2D eigenvalue weighted by atomic mass is 35.5. The molecule has 5 nitrogen and oxygen atoms in total. The van der Waals surface area contributed by atoms with Gasteiger partial charge < -0.3 is 5.32 Å². The van der Waals surface area contributed by atoms with Crippen LogP contribution in [0.1, 0.15) is 11.1 Å². The lowest BCUT2D eigenvalue weighted by atomic mass is 10.1. The van der Waals surface area contributed by atoms with Crippen LogP contribution in [-0.2, 0) is 14.8 Å². The van der Waals surface area contributed by atoms with Gasteiger partial charge in [-0.3, -0.25) is 9.10 Å². The molecule has 0 aliphatic heterocycles. The van der Waals surface area contributed by atoms with Crippen molar-refractivity contribution < 1.29 is 13.2 Å². The smallest absolute Gasteiger partial charge is 0.245 e. The van der Waals surface area contributed by atoms with E-state index in [9.17, 15) is 13.2 Å². The highest BCUT2D eigenvalue weighted by molar-refractivity contribution is 7.92. The zero-order valence-corrected chi connectivity index (χ0v) is 17.4. The topological polar surface area (TPSA) is 66.5 Å². The fourth-order valence-electron chi connectivity index (χ4n) is 2.23. The van der Waals surface area contributed by atoms with Crippen LogP contribution in [0.4, 0.5) is 11.4 Å². The fraction of sp³-hybridized carbons (Fsp3) is 0.235. The molecule has 0 aromatic heterocycles. The number of aryl methyl sites for hydroxylation is 2.